The molecule has 0 radical (unpaired) electrons. The fourth-order valence-corrected chi connectivity index (χ4v) is 2.01. The Kier molecular flexibility index (Phi) is 2.93. The van der Waals surface area contributed by atoms with E-state index in [4.69, 9.17) is 0 Å². The molecule has 1 fully saturated rings. The summed E-state index contributed by atoms with van der Waals surface area (Å²) in [5, 5.41) is 16.6. The van der Waals surface area contributed by atoms with Crippen molar-refractivity contribution >= 4 is 5.91 Å². The lowest BCUT2D eigenvalue weighted by atomic mass is 10.3. The first kappa shape index (κ1) is 12.7. The minimum atomic E-state index is -0.391. The minimum absolute atomic E-state index is 0.0200. The summed E-state index contributed by atoms with van der Waals surface area (Å²) in [4.78, 5) is 12.0. The van der Waals surface area contributed by atoms with Crippen LogP contribution in [0.1, 0.15) is 23.8 Å². The Bertz CT molecular complexity index is 651. The SMILES string of the molecule is C[C@@H]1C[C@H]1NC(=O)c1nn(-c2ccc(F)cc2)cc1O. The van der Waals surface area contributed by atoms with Crippen LogP contribution in [0.5, 0.6) is 5.75 Å². The average Bonchev–Trinajstić information content (AvgIpc) is 2.95. The van der Waals surface area contributed by atoms with Crippen LogP contribution in [0.4, 0.5) is 4.39 Å². The number of hydrogen-bond acceptors (Lipinski definition) is 3. The summed E-state index contributed by atoms with van der Waals surface area (Å²) in [6, 6.07) is 5.79. The number of aromatic hydroxyl groups is 1. The van der Waals surface area contributed by atoms with Crippen LogP contribution in [0.15, 0.2) is 30.5 Å². The molecule has 20 heavy (non-hydrogen) atoms. The first-order chi connectivity index (χ1) is 9.54. The maximum absolute atomic E-state index is 12.9. The number of carbonyl (C=O) groups excluding carboxylic acids is 1. The fraction of sp³-hybridized carbons (Fsp3) is 0.286. The number of hydrogen-bond donors (Lipinski definition) is 2. The molecule has 1 heterocycles. The van der Waals surface area contributed by atoms with Crippen molar-refractivity contribution in [2.45, 2.75) is 19.4 Å². The van der Waals surface area contributed by atoms with Crippen molar-refractivity contribution in [3.05, 3.63) is 42.0 Å². The van der Waals surface area contributed by atoms with Crippen molar-refractivity contribution < 1.29 is 14.3 Å². The van der Waals surface area contributed by atoms with Gasteiger partial charge >= 0.3 is 0 Å². The molecule has 104 valence electrons. The average molecular weight is 275 g/mol. The van der Waals surface area contributed by atoms with E-state index in [2.05, 4.69) is 10.4 Å². The van der Waals surface area contributed by atoms with Gasteiger partial charge in [0.05, 0.1) is 11.9 Å². The van der Waals surface area contributed by atoms with Crippen LogP contribution in [0.2, 0.25) is 0 Å². The van der Waals surface area contributed by atoms with E-state index >= 15 is 0 Å². The Morgan fingerprint density at radius 2 is 2.10 bits per heavy atom. The molecule has 3 rings (SSSR count). The molecule has 0 unspecified atom stereocenters. The van der Waals surface area contributed by atoms with Gasteiger partial charge in [0, 0.05) is 6.04 Å². The van der Waals surface area contributed by atoms with Gasteiger partial charge in [0.1, 0.15) is 5.82 Å². The van der Waals surface area contributed by atoms with Gasteiger partial charge in [-0.15, -0.1) is 0 Å². The number of aromatic nitrogens is 2. The number of carbonyl (C=O) groups is 1. The number of benzene rings is 1. The van der Waals surface area contributed by atoms with E-state index in [9.17, 15) is 14.3 Å². The van der Waals surface area contributed by atoms with Gasteiger partial charge in [-0.05, 0) is 36.6 Å². The second kappa shape index (κ2) is 4.63. The van der Waals surface area contributed by atoms with Crippen LogP contribution in [0.25, 0.3) is 5.69 Å². The predicted octanol–water partition coefficient (Wildman–Crippen LogP) is 1.86. The van der Waals surface area contributed by atoms with Crippen LogP contribution in [-0.2, 0) is 0 Å². The molecular weight excluding hydrogens is 261 g/mol. The molecule has 2 N–H and O–H groups in total. The maximum Gasteiger partial charge on any atom is 0.275 e. The molecule has 0 bridgehead atoms. The zero-order valence-electron chi connectivity index (χ0n) is 10.9. The Morgan fingerprint density at radius 1 is 1.45 bits per heavy atom. The molecule has 2 atom stereocenters. The summed E-state index contributed by atoms with van der Waals surface area (Å²) in [6.07, 6.45) is 2.28. The highest BCUT2D eigenvalue weighted by molar-refractivity contribution is 5.95. The van der Waals surface area contributed by atoms with Crippen LogP contribution >= 0.6 is 0 Å². The number of nitrogens with one attached hydrogen (secondary N) is 1. The van der Waals surface area contributed by atoms with E-state index in [0.29, 0.717) is 11.6 Å². The fourth-order valence-electron chi connectivity index (χ4n) is 2.01. The molecule has 1 aliphatic carbocycles. The molecule has 0 aliphatic heterocycles. The highest BCUT2D eigenvalue weighted by Crippen LogP contribution is 2.29. The van der Waals surface area contributed by atoms with Gasteiger partial charge in [0.2, 0.25) is 0 Å². The van der Waals surface area contributed by atoms with Gasteiger partial charge in [0.25, 0.3) is 5.91 Å². The summed E-state index contributed by atoms with van der Waals surface area (Å²) >= 11 is 0. The van der Waals surface area contributed by atoms with Gasteiger partial charge in [0.15, 0.2) is 11.4 Å². The Morgan fingerprint density at radius 3 is 2.70 bits per heavy atom. The van der Waals surface area contributed by atoms with Gasteiger partial charge in [-0.1, -0.05) is 6.92 Å². The van der Waals surface area contributed by atoms with E-state index < -0.39 is 5.91 Å². The van der Waals surface area contributed by atoms with Crippen molar-refractivity contribution in [1.82, 2.24) is 15.1 Å². The number of rotatable bonds is 3. The van der Waals surface area contributed by atoms with Gasteiger partial charge < -0.3 is 10.4 Å². The van der Waals surface area contributed by atoms with Crippen molar-refractivity contribution in [2.75, 3.05) is 0 Å². The summed E-state index contributed by atoms with van der Waals surface area (Å²) in [6.45, 7) is 2.04. The molecule has 1 aliphatic rings. The zero-order chi connectivity index (χ0) is 14.3. The lowest BCUT2D eigenvalue weighted by Crippen LogP contribution is -2.27. The van der Waals surface area contributed by atoms with Crippen LogP contribution in [0.3, 0.4) is 0 Å². The largest absolute Gasteiger partial charge is 0.504 e. The molecule has 0 saturated heterocycles. The molecule has 6 heteroatoms. The summed E-state index contributed by atoms with van der Waals surface area (Å²) < 4.78 is 14.2. The van der Waals surface area contributed by atoms with Crippen molar-refractivity contribution in [3.8, 4) is 11.4 Å². The van der Waals surface area contributed by atoms with E-state index in [1.165, 1.54) is 35.1 Å². The predicted molar refractivity (Wildman–Crippen MR) is 70.2 cm³/mol. The van der Waals surface area contributed by atoms with Crippen LogP contribution < -0.4 is 5.32 Å². The second-order valence-corrected chi connectivity index (χ2v) is 5.08. The normalized spacial score (nSPS) is 20.7. The lowest BCUT2D eigenvalue weighted by Gasteiger charge is -2.01. The first-order valence-electron chi connectivity index (χ1n) is 6.40. The molecule has 1 saturated carbocycles. The summed E-state index contributed by atoms with van der Waals surface area (Å²) in [5.41, 5.74) is 0.550. The van der Waals surface area contributed by atoms with Crippen LogP contribution in [0, 0.1) is 11.7 Å². The van der Waals surface area contributed by atoms with Gasteiger partial charge in [-0.25, -0.2) is 9.07 Å². The monoisotopic (exact) mass is 275 g/mol. The van der Waals surface area contributed by atoms with Crippen LogP contribution in [-0.4, -0.2) is 26.8 Å². The topological polar surface area (TPSA) is 67.2 Å². The number of nitrogens with zero attached hydrogens (tertiary/aromatic N) is 2. The number of halogens is 1. The highest BCUT2D eigenvalue weighted by atomic mass is 19.1. The third-order valence-corrected chi connectivity index (χ3v) is 3.43. The summed E-state index contributed by atoms with van der Waals surface area (Å²) in [7, 11) is 0. The number of amides is 1. The van der Waals surface area contributed by atoms with Crippen molar-refractivity contribution in [1.29, 1.82) is 0 Å². The molecule has 1 amide bonds. The van der Waals surface area contributed by atoms with E-state index in [-0.39, 0.29) is 23.3 Å². The molecular formula is C14H14FN3O2. The minimum Gasteiger partial charge on any atom is -0.504 e. The van der Waals surface area contributed by atoms with Gasteiger partial charge in [-0.2, -0.15) is 5.10 Å². The zero-order valence-corrected chi connectivity index (χ0v) is 10.9. The lowest BCUT2D eigenvalue weighted by molar-refractivity contribution is 0.0941. The third kappa shape index (κ3) is 2.36. The Hall–Kier alpha value is -2.37. The Balaban J connectivity index is 1.83. The molecule has 1 aromatic carbocycles. The third-order valence-electron chi connectivity index (χ3n) is 3.43. The quantitative estimate of drug-likeness (QED) is 0.898. The smallest absolute Gasteiger partial charge is 0.275 e. The molecule has 2 aromatic rings. The molecule has 5 nitrogen and oxygen atoms in total. The standard InChI is InChI=1S/C14H14FN3O2/c1-8-6-11(8)16-14(20)13-12(19)7-18(17-13)10-4-2-9(15)3-5-10/h2-5,7-8,11,19H,6H2,1H3,(H,16,20)/t8-,11-/m1/s1. The maximum atomic E-state index is 12.9. The van der Waals surface area contributed by atoms with Crippen molar-refractivity contribution in [3.63, 3.8) is 0 Å². The second-order valence-electron chi connectivity index (χ2n) is 5.08. The first-order valence-corrected chi connectivity index (χ1v) is 6.40. The van der Waals surface area contributed by atoms with E-state index in [1.807, 2.05) is 6.92 Å². The van der Waals surface area contributed by atoms with E-state index in [0.717, 1.165) is 6.42 Å². The van der Waals surface area contributed by atoms with Gasteiger partial charge in [-0.3, -0.25) is 4.79 Å². The highest BCUT2D eigenvalue weighted by Gasteiger charge is 2.35. The Labute approximate surface area is 115 Å². The van der Waals surface area contributed by atoms with Crippen molar-refractivity contribution in [2.24, 2.45) is 5.92 Å². The molecule has 0 spiro atoms. The van der Waals surface area contributed by atoms with E-state index in [1.54, 1.807) is 0 Å². The summed E-state index contributed by atoms with van der Waals surface area (Å²) in [5.74, 6) is -0.469. The molecule has 1 aromatic heterocycles.